The maximum absolute atomic E-state index is 13.7. The van der Waals surface area contributed by atoms with Gasteiger partial charge in [-0.3, -0.25) is 9.59 Å². The Kier molecular flexibility index (Phi) is 6.58. The van der Waals surface area contributed by atoms with E-state index < -0.39 is 0 Å². The zero-order valence-corrected chi connectivity index (χ0v) is 18.6. The fourth-order valence-electron chi connectivity index (χ4n) is 4.31. The van der Waals surface area contributed by atoms with Crippen molar-refractivity contribution in [2.45, 2.75) is 45.6 Å². The third-order valence-electron chi connectivity index (χ3n) is 6.04. The van der Waals surface area contributed by atoms with E-state index in [1.54, 1.807) is 22.8 Å². The predicted molar refractivity (Wildman–Crippen MR) is 124 cm³/mol. The van der Waals surface area contributed by atoms with Gasteiger partial charge in [0, 0.05) is 30.6 Å². The van der Waals surface area contributed by atoms with Gasteiger partial charge in [-0.15, -0.1) is 0 Å². The summed E-state index contributed by atoms with van der Waals surface area (Å²) in [6.45, 7) is 5.89. The summed E-state index contributed by atoms with van der Waals surface area (Å²) in [6, 6.07) is 13.5. The molecule has 1 saturated heterocycles. The number of aromatic nitrogens is 1. The summed E-state index contributed by atoms with van der Waals surface area (Å²) < 4.78 is 21.2. The number of piperidine rings is 1. The smallest absolute Gasteiger partial charge is 0.260 e. The SMILES string of the molecule is CC(C)c1cc(=O)n(Cc2cccc(F)c2)c2cc(OCC(=O)N3CCCCC3)ccc12. The lowest BCUT2D eigenvalue weighted by Crippen LogP contribution is -2.38. The molecule has 0 saturated carbocycles. The molecule has 0 unspecified atom stereocenters. The van der Waals surface area contributed by atoms with Crippen LogP contribution in [0.5, 0.6) is 5.75 Å². The summed E-state index contributed by atoms with van der Waals surface area (Å²) in [5.74, 6) is 0.356. The van der Waals surface area contributed by atoms with Crippen molar-refractivity contribution in [1.29, 1.82) is 0 Å². The minimum Gasteiger partial charge on any atom is -0.484 e. The molecule has 1 aromatic heterocycles. The number of benzene rings is 2. The molecular weight excluding hydrogens is 407 g/mol. The van der Waals surface area contributed by atoms with Crippen LogP contribution >= 0.6 is 0 Å². The quantitative estimate of drug-likeness (QED) is 0.563. The summed E-state index contributed by atoms with van der Waals surface area (Å²) in [4.78, 5) is 27.3. The Morgan fingerprint density at radius 1 is 1.06 bits per heavy atom. The van der Waals surface area contributed by atoms with Gasteiger partial charge in [0.15, 0.2) is 6.61 Å². The number of rotatable bonds is 6. The van der Waals surface area contributed by atoms with Crippen LogP contribution in [0.1, 0.15) is 50.2 Å². The fraction of sp³-hybridized carbons (Fsp3) is 0.385. The Hall–Kier alpha value is -3.15. The van der Waals surface area contributed by atoms with Crippen molar-refractivity contribution in [1.82, 2.24) is 9.47 Å². The summed E-state index contributed by atoms with van der Waals surface area (Å²) in [5, 5.41) is 0.950. The molecule has 1 aliphatic rings. The van der Waals surface area contributed by atoms with Crippen molar-refractivity contribution in [3.63, 3.8) is 0 Å². The highest BCUT2D eigenvalue weighted by atomic mass is 19.1. The molecule has 1 amide bonds. The van der Waals surface area contributed by atoms with Gasteiger partial charge in [-0.2, -0.15) is 0 Å². The predicted octanol–water partition coefficient (Wildman–Crippen LogP) is 4.70. The number of hydrogen-bond acceptors (Lipinski definition) is 3. The number of halogens is 1. The van der Waals surface area contributed by atoms with Gasteiger partial charge >= 0.3 is 0 Å². The molecule has 5 nitrogen and oxygen atoms in total. The Morgan fingerprint density at radius 3 is 2.56 bits per heavy atom. The van der Waals surface area contributed by atoms with Crippen LogP contribution in [0.3, 0.4) is 0 Å². The number of likely N-dealkylation sites (tertiary alicyclic amines) is 1. The molecule has 0 radical (unpaired) electrons. The maximum atomic E-state index is 13.7. The van der Waals surface area contributed by atoms with Crippen LogP contribution in [0.25, 0.3) is 10.9 Å². The van der Waals surface area contributed by atoms with Gasteiger partial charge < -0.3 is 14.2 Å². The van der Waals surface area contributed by atoms with Crippen molar-refractivity contribution >= 4 is 16.8 Å². The van der Waals surface area contributed by atoms with Crippen molar-refractivity contribution in [2.24, 2.45) is 0 Å². The van der Waals surface area contributed by atoms with Crippen LogP contribution < -0.4 is 10.3 Å². The highest BCUT2D eigenvalue weighted by Crippen LogP contribution is 2.28. The van der Waals surface area contributed by atoms with Gasteiger partial charge in [0.1, 0.15) is 11.6 Å². The first-order chi connectivity index (χ1) is 15.4. The van der Waals surface area contributed by atoms with Crippen LogP contribution in [-0.2, 0) is 11.3 Å². The molecular formula is C26H29FN2O3. The van der Waals surface area contributed by atoms with Crippen molar-refractivity contribution in [2.75, 3.05) is 19.7 Å². The van der Waals surface area contributed by atoms with E-state index in [1.807, 2.05) is 36.9 Å². The number of fused-ring (bicyclic) bond motifs is 1. The molecule has 1 fully saturated rings. The van der Waals surface area contributed by atoms with Crippen molar-refractivity contribution < 1.29 is 13.9 Å². The minimum absolute atomic E-state index is 0.0159. The molecule has 0 N–H and O–H groups in total. The standard InChI is InChI=1S/C26H29FN2O3/c1-18(2)23-15-25(30)29(16-19-7-6-8-20(27)13-19)24-14-21(9-10-22(23)24)32-17-26(31)28-11-4-3-5-12-28/h6-10,13-15,18H,3-5,11-12,16-17H2,1-2H3. The van der Waals surface area contributed by atoms with E-state index in [4.69, 9.17) is 4.74 Å². The van der Waals surface area contributed by atoms with Crippen LogP contribution in [0.15, 0.2) is 53.3 Å². The number of carbonyl (C=O) groups excluding carboxylic acids is 1. The Balaban J connectivity index is 1.67. The van der Waals surface area contributed by atoms with E-state index in [0.717, 1.165) is 43.3 Å². The lowest BCUT2D eigenvalue weighted by atomic mass is 9.98. The monoisotopic (exact) mass is 436 g/mol. The first-order valence-electron chi connectivity index (χ1n) is 11.2. The molecule has 6 heteroatoms. The largest absolute Gasteiger partial charge is 0.484 e. The van der Waals surface area contributed by atoms with Crippen LogP contribution in [-0.4, -0.2) is 35.1 Å². The third-order valence-corrected chi connectivity index (χ3v) is 6.04. The van der Waals surface area contributed by atoms with Gasteiger partial charge in [0.25, 0.3) is 11.5 Å². The molecule has 2 heterocycles. The highest BCUT2D eigenvalue weighted by Gasteiger charge is 2.18. The Morgan fingerprint density at radius 2 is 1.84 bits per heavy atom. The molecule has 4 rings (SSSR count). The van der Waals surface area contributed by atoms with Gasteiger partial charge in [-0.25, -0.2) is 4.39 Å². The highest BCUT2D eigenvalue weighted by molar-refractivity contribution is 5.85. The maximum Gasteiger partial charge on any atom is 0.260 e. The minimum atomic E-state index is -0.334. The molecule has 32 heavy (non-hydrogen) atoms. The van der Waals surface area contributed by atoms with E-state index in [9.17, 15) is 14.0 Å². The summed E-state index contributed by atoms with van der Waals surface area (Å²) >= 11 is 0. The molecule has 0 bridgehead atoms. The molecule has 0 aliphatic carbocycles. The average molecular weight is 437 g/mol. The molecule has 168 valence electrons. The second-order valence-corrected chi connectivity index (χ2v) is 8.72. The normalized spacial score (nSPS) is 14.2. The van der Waals surface area contributed by atoms with E-state index in [-0.39, 0.29) is 36.4 Å². The number of nitrogens with zero attached hydrogens (tertiary/aromatic N) is 2. The Bertz CT molecular complexity index is 1180. The number of pyridine rings is 1. The molecule has 0 spiro atoms. The summed E-state index contributed by atoms with van der Waals surface area (Å²) in [6.07, 6.45) is 3.23. The summed E-state index contributed by atoms with van der Waals surface area (Å²) in [7, 11) is 0. The van der Waals surface area contributed by atoms with Crippen LogP contribution in [0, 0.1) is 5.82 Å². The van der Waals surface area contributed by atoms with Crippen LogP contribution in [0.4, 0.5) is 4.39 Å². The second-order valence-electron chi connectivity index (χ2n) is 8.72. The molecule has 2 aromatic carbocycles. The lowest BCUT2D eigenvalue weighted by Gasteiger charge is -2.26. The average Bonchev–Trinajstić information content (AvgIpc) is 2.79. The topological polar surface area (TPSA) is 51.5 Å². The summed E-state index contributed by atoms with van der Waals surface area (Å²) in [5.41, 5.74) is 2.23. The number of amides is 1. The van der Waals surface area contributed by atoms with E-state index >= 15 is 0 Å². The van der Waals surface area contributed by atoms with Crippen LogP contribution in [0.2, 0.25) is 0 Å². The Labute approximate surface area is 187 Å². The molecule has 3 aromatic rings. The van der Waals surface area contributed by atoms with Gasteiger partial charge in [-0.1, -0.05) is 26.0 Å². The number of ether oxygens (including phenoxy) is 1. The number of hydrogen-bond donors (Lipinski definition) is 0. The fourth-order valence-corrected chi connectivity index (χ4v) is 4.31. The second kappa shape index (κ2) is 9.55. The lowest BCUT2D eigenvalue weighted by molar-refractivity contribution is -0.134. The van der Waals surface area contributed by atoms with Gasteiger partial charge in [0.2, 0.25) is 0 Å². The zero-order chi connectivity index (χ0) is 22.7. The van der Waals surface area contributed by atoms with Crippen molar-refractivity contribution in [3.8, 4) is 5.75 Å². The van der Waals surface area contributed by atoms with E-state index in [2.05, 4.69) is 0 Å². The van der Waals surface area contributed by atoms with E-state index in [1.165, 1.54) is 12.1 Å². The first-order valence-corrected chi connectivity index (χ1v) is 11.2. The van der Waals surface area contributed by atoms with Gasteiger partial charge in [-0.05, 0) is 60.6 Å². The third kappa shape index (κ3) is 4.85. The van der Waals surface area contributed by atoms with Gasteiger partial charge in [0.05, 0.1) is 12.1 Å². The van der Waals surface area contributed by atoms with E-state index in [0.29, 0.717) is 16.8 Å². The molecule has 0 atom stereocenters. The zero-order valence-electron chi connectivity index (χ0n) is 18.6. The van der Waals surface area contributed by atoms with Crippen molar-refractivity contribution in [3.05, 3.63) is 75.8 Å². The first kappa shape index (κ1) is 22.1. The molecule has 1 aliphatic heterocycles. The number of carbonyl (C=O) groups is 1.